The first kappa shape index (κ1) is 44.2. The van der Waals surface area contributed by atoms with E-state index in [2.05, 4.69) is 24.5 Å². The van der Waals surface area contributed by atoms with Crippen molar-refractivity contribution >= 4 is 17.7 Å². The van der Waals surface area contributed by atoms with Gasteiger partial charge in [-0.2, -0.15) is 0 Å². The highest BCUT2D eigenvalue weighted by atomic mass is 16.5. The molecule has 0 aromatic rings. The van der Waals surface area contributed by atoms with Crippen LogP contribution in [0.2, 0.25) is 0 Å². The molecule has 0 radical (unpaired) electrons. The second-order valence-electron chi connectivity index (χ2n) is 13.1. The summed E-state index contributed by atoms with van der Waals surface area (Å²) in [5.41, 5.74) is 6.50. The number of likely N-dealkylation sites (tertiary alicyclic amines) is 1. The van der Waals surface area contributed by atoms with Gasteiger partial charge in [0.25, 0.3) is 0 Å². The molecular weight excluding hydrogens is 616 g/mol. The molecule has 0 spiro atoms. The van der Waals surface area contributed by atoms with Gasteiger partial charge in [-0.15, -0.1) is 0 Å². The predicted molar refractivity (Wildman–Crippen MR) is 189 cm³/mol. The van der Waals surface area contributed by atoms with E-state index in [-0.39, 0.29) is 36.1 Å². The monoisotopic (exact) mass is 687 g/mol. The molecule has 1 fully saturated rings. The summed E-state index contributed by atoms with van der Waals surface area (Å²) in [6, 6.07) is 0. The summed E-state index contributed by atoms with van der Waals surface area (Å²) >= 11 is 0. The second-order valence-corrected chi connectivity index (χ2v) is 13.1. The third-order valence-electron chi connectivity index (χ3n) is 8.95. The van der Waals surface area contributed by atoms with Crippen LogP contribution in [-0.4, -0.2) is 119 Å². The molecule has 5 N–H and O–H groups in total. The van der Waals surface area contributed by atoms with Crippen LogP contribution in [0.5, 0.6) is 0 Å². The van der Waals surface area contributed by atoms with Gasteiger partial charge in [0.2, 0.25) is 17.7 Å². The number of aliphatic hydroxyl groups is 1. The third kappa shape index (κ3) is 23.5. The van der Waals surface area contributed by atoms with Gasteiger partial charge in [0.05, 0.1) is 52.3 Å². The van der Waals surface area contributed by atoms with E-state index in [1.54, 1.807) is 4.90 Å². The van der Waals surface area contributed by atoms with Gasteiger partial charge in [-0.25, -0.2) is 0 Å². The molecule has 1 heterocycles. The molecule has 48 heavy (non-hydrogen) atoms. The number of ether oxygens (including phenoxy) is 4. The van der Waals surface area contributed by atoms with E-state index >= 15 is 0 Å². The van der Waals surface area contributed by atoms with Crippen LogP contribution in [0, 0.1) is 5.41 Å². The molecule has 12 nitrogen and oxygen atoms in total. The van der Waals surface area contributed by atoms with Crippen LogP contribution in [0.1, 0.15) is 117 Å². The van der Waals surface area contributed by atoms with Crippen molar-refractivity contribution < 1.29 is 38.4 Å². The van der Waals surface area contributed by atoms with Crippen LogP contribution < -0.4 is 16.4 Å². The number of unbranched alkanes of at least 4 members (excludes halogenated alkanes) is 6. The quantitative estimate of drug-likeness (QED) is 0.0755. The van der Waals surface area contributed by atoms with Crippen molar-refractivity contribution in [2.75, 3.05) is 85.6 Å². The van der Waals surface area contributed by atoms with Gasteiger partial charge in [0.1, 0.15) is 0 Å². The number of nitrogens with one attached hydrogen (secondary N) is 2. The van der Waals surface area contributed by atoms with Crippen molar-refractivity contribution in [3.63, 3.8) is 0 Å². The van der Waals surface area contributed by atoms with Gasteiger partial charge in [0.15, 0.2) is 0 Å². The van der Waals surface area contributed by atoms with Crippen LogP contribution in [-0.2, 0) is 33.3 Å². The highest BCUT2D eigenvalue weighted by molar-refractivity contribution is 5.84. The van der Waals surface area contributed by atoms with E-state index in [0.717, 1.165) is 45.1 Å². The lowest BCUT2D eigenvalue weighted by atomic mass is 9.74. The highest BCUT2D eigenvalue weighted by Gasteiger charge is 2.26. The van der Waals surface area contributed by atoms with Crippen LogP contribution in [0.15, 0.2) is 0 Å². The Labute approximate surface area is 290 Å². The fraction of sp³-hybridized carbons (Fsp3) is 0.917. The number of carbonyl (C=O) groups is 3. The number of β-amino-alcohol motifs (C(OH)–C–C–N with tert-alkyl or cyclic N) is 1. The van der Waals surface area contributed by atoms with Gasteiger partial charge < -0.3 is 45.3 Å². The Kier molecular flexibility index (Phi) is 27.6. The number of hydrogen-bond acceptors (Lipinski definition) is 9. The zero-order valence-corrected chi connectivity index (χ0v) is 30.4. The van der Waals surface area contributed by atoms with Crippen molar-refractivity contribution in [2.45, 2.75) is 123 Å². The molecule has 0 saturated carbocycles. The fourth-order valence-electron chi connectivity index (χ4n) is 6.01. The summed E-state index contributed by atoms with van der Waals surface area (Å²) in [5.74, 6) is -0.289. The Morgan fingerprint density at radius 1 is 0.708 bits per heavy atom. The van der Waals surface area contributed by atoms with E-state index in [9.17, 15) is 19.5 Å². The molecule has 1 aliphatic heterocycles. The van der Waals surface area contributed by atoms with E-state index < -0.39 is 6.10 Å². The summed E-state index contributed by atoms with van der Waals surface area (Å²) in [5, 5.41) is 15.0. The Balaban J connectivity index is 1.82. The molecule has 1 aliphatic rings. The molecule has 0 aromatic heterocycles. The topological polar surface area (TPSA) is 162 Å². The van der Waals surface area contributed by atoms with Crippen LogP contribution >= 0.6 is 0 Å². The number of nitrogens with zero attached hydrogens (tertiary/aromatic N) is 1. The highest BCUT2D eigenvalue weighted by Crippen LogP contribution is 2.35. The minimum absolute atomic E-state index is 0.0399. The van der Waals surface area contributed by atoms with Crippen molar-refractivity contribution in [2.24, 2.45) is 11.1 Å². The molecule has 12 heteroatoms. The van der Waals surface area contributed by atoms with Gasteiger partial charge in [0, 0.05) is 45.7 Å². The van der Waals surface area contributed by atoms with Crippen molar-refractivity contribution in [3.05, 3.63) is 0 Å². The third-order valence-corrected chi connectivity index (χ3v) is 8.95. The number of hydrogen-bond donors (Lipinski definition) is 4. The zero-order chi connectivity index (χ0) is 35.1. The van der Waals surface area contributed by atoms with E-state index in [1.807, 2.05) is 0 Å². The number of amides is 3. The first-order valence-corrected chi connectivity index (χ1v) is 18.9. The molecule has 0 bridgehead atoms. The van der Waals surface area contributed by atoms with Crippen LogP contribution in [0.25, 0.3) is 0 Å². The number of carbonyl (C=O) groups excluding carboxylic acids is 3. The molecule has 3 amide bonds. The lowest BCUT2D eigenvalue weighted by molar-refractivity contribution is -0.132. The Hall–Kier alpha value is -1.83. The predicted octanol–water partition coefficient (Wildman–Crippen LogP) is 3.71. The van der Waals surface area contributed by atoms with Crippen molar-refractivity contribution in [1.29, 1.82) is 0 Å². The first-order valence-electron chi connectivity index (χ1n) is 18.9. The summed E-state index contributed by atoms with van der Waals surface area (Å²) in [7, 11) is 0. The minimum atomic E-state index is -0.459. The van der Waals surface area contributed by atoms with Gasteiger partial charge in [-0.1, -0.05) is 52.4 Å². The number of nitrogens with two attached hydrogens (primary N) is 1. The maximum Gasteiger partial charge on any atom is 0.242 e. The summed E-state index contributed by atoms with van der Waals surface area (Å²) in [6.07, 6.45) is 15.4. The number of rotatable bonds is 33. The average Bonchev–Trinajstić information content (AvgIpc) is 3.52. The summed E-state index contributed by atoms with van der Waals surface area (Å²) < 4.78 is 22.2. The van der Waals surface area contributed by atoms with Gasteiger partial charge >= 0.3 is 0 Å². The molecule has 1 saturated heterocycles. The molecule has 2 unspecified atom stereocenters. The Morgan fingerprint density at radius 2 is 1.31 bits per heavy atom. The van der Waals surface area contributed by atoms with Crippen molar-refractivity contribution in [1.82, 2.24) is 15.5 Å². The Morgan fingerprint density at radius 3 is 1.94 bits per heavy atom. The van der Waals surface area contributed by atoms with Gasteiger partial charge in [-0.3, -0.25) is 14.4 Å². The lowest BCUT2D eigenvalue weighted by Gasteiger charge is -2.33. The van der Waals surface area contributed by atoms with E-state index in [4.69, 9.17) is 24.7 Å². The SMILES string of the molecule is CCCCCC(CN)(CCC)CCCCCC(=O)NCCOCCOCCOCCCCCOCCC(=O)NCC(=O)N1CCC(O)C1. The van der Waals surface area contributed by atoms with Gasteiger partial charge in [-0.05, 0) is 63.3 Å². The molecular formula is C36H70N4O8. The Bertz CT molecular complexity index is 821. The average molecular weight is 687 g/mol. The maximum atomic E-state index is 12.1. The zero-order valence-electron chi connectivity index (χ0n) is 30.4. The molecule has 282 valence electrons. The van der Waals surface area contributed by atoms with E-state index in [0.29, 0.717) is 85.3 Å². The standard InChI is InChI=1S/C36H70N4O8/c1-3-5-9-17-36(31-37,16-4-2)18-10-6-8-13-33(42)38-19-24-47-26-28-48-27-25-46-22-12-7-11-21-45-23-15-34(43)39-29-35(44)40-20-14-32(41)30-40/h32,41H,3-31,37H2,1-2H3,(H,38,42)(H,39,43). The maximum absolute atomic E-state index is 12.1. The smallest absolute Gasteiger partial charge is 0.242 e. The normalized spacial score (nSPS) is 15.8. The van der Waals surface area contributed by atoms with Crippen LogP contribution in [0.4, 0.5) is 0 Å². The van der Waals surface area contributed by atoms with Crippen LogP contribution in [0.3, 0.4) is 0 Å². The summed E-state index contributed by atoms with van der Waals surface area (Å²) in [4.78, 5) is 37.5. The lowest BCUT2D eigenvalue weighted by Crippen LogP contribution is -2.39. The molecule has 2 atom stereocenters. The molecule has 0 aromatic carbocycles. The number of aliphatic hydroxyl groups excluding tert-OH is 1. The molecule has 1 rings (SSSR count). The fourth-order valence-corrected chi connectivity index (χ4v) is 6.01. The molecule has 0 aliphatic carbocycles. The minimum Gasteiger partial charge on any atom is -0.391 e. The van der Waals surface area contributed by atoms with Crippen molar-refractivity contribution in [3.8, 4) is 0 Å². The van der Waals surface area contributed by atoms with E-state index in [1.165, 1.54) is 44.9 Å². The largest absolute Gasteiger partial charge is 0.391 e. The second kappa shape index (κ2) is 30.0. The first-order chi connectivity index (χ1) is 23.4. The summed E-state index contributed by atoms with van der Waals surface area (Å²) in [6.45, 7) is 10.7.